The van der Waals surface area contributed by atoms with Gasteiger partial charge in [-0.3, -0.25) is 24.0 Å². The number of oxime groups is 1. The number of nitrogens with zero attached hydrogens (tertiary/aromatic N) is 2. The molecule has 2 fully saturated rings. The van der Waals surface area contributed by atoms with Crippen LogP contribution in [0.2, 0.25) is 5.02 Å². The van der Waals surface area contributed by atoms with E-state index in [1.165, 1.54) is 25.5 Å². The number of ether oxygens (including phenoxy) is 2. The lowest BCUT2D eigenvalue weighted by atomic mass is 9.86. The lowest BCUT2D eigenvalue weighted by Crippen LogP contribution is -2.57. The van der Waals surface area contributed by atoms with Crippen LogP contribution in [0.25, 0.3) is 0 Å². The van der Waals surface area contributed by atoms with Crippen molar-refractivity contribution in [3.05, 3.63) is 58.6 Å². The number of hydrogen-bond donors (Lipinski definition) is 3. The fourth-order valence-corrected chi connectivity index (χ4v) is 7.94. The minimum atomic E-state index is -1.15. The maximum Gasteiger partial charge on any atom is 0.289 e. The largest absolute Gasteiger partial charge is 0.497 e. The third-order valence-electron chi connectivity index (χ3n) is 10.7. The van der Waals surface area contributed by atoms with Crippen molar-refractivity contribution in [2.75, 3.05) is 20.8 Å². The van der Waals surface area contributed by atoms with Crippen molar-refractivity contribution in [1.82, 2.24) is 20.9 Å². The van der Waals surface area contributed by atoms with Gasteiger partial charge >= 0.3 is 0 Å². The Morgan fingerprint density at radius 1 is 1.00 bits per heavy atom. The zero-order chi connectivity index (χ0) is 39.7. The van der Waals surface area contributed by atoms with E-state index in [2.05, 4.69) is 21.1 Å². The standard InChI is InChI=1S/C41H54ClN5O8/c1-6-11-32(37(49)39(51)43-23-27-16-30(53-4)20-31(17-27)54-5)44-38(50)34-22-41(21-33(46-55-41)28-14-10-15-29(42)19-28)24-47(34)40(52)36(25(2)3)45-35(48)18-26-12-8-7-9-13-26/h10,14-17,19-20,25-26,32,34,36H,6-9,11-13,18,21-24H2,1-5H3,(H,43,51)(H,44,50)(H,45,48)/t32-,34-,36-,41+/m0/s1. The second-order valence-corrected chi connectivity index (χ2v) is 15.7. The summed E-state index contributed by atoms with van der Waals surface area (Å²) in [7, 11) is 3.03. The molecule has 55 heavy (non-hydrogen) atoms. The molecule has 1 saturated carbocycles. The number of nitrogens with one attached hydrogen (secondary N) is 3. The summed E-state index contributed by atoms with van der Waals surface area (Å²) in [6.07, 6.45) is 6.76. The molecule has 2 aromatic rings. The molecule has 0 unspecified atom stereocenters. The van der Waals surface area contributed by atoms with Crippen LogP contribution in [-0.2, 0) is 35.4 Å². The van der Waals surface area contributed by atoms with Crippen LogP contribution in [0.15, 0.2) is 47.6 Å². The van der Waals surface area contributed by atoms with Crippen LogP contribution in [-0.4, -0.2) is 84.5 Å². The smallest absolute Gasteiger partial charge is 0.289 e. The van der Waals surface area contributed by atoms with Gasteiger partial charge in [0.25, 0.3) is 5.91 Å². The molecule has 14 heteroatoms. The predicted octanol–water partition coefficient (Wildman–Crippen LogP) is 5.10. The Hall–Kier alpha value is -4.65. The molecule has 5 rings (SSSR count). The number of rotatable bonds is 16. The molecule has 3 N–H and O–H groups in total. The van der Waals surface area contributed by atoms with E-state index in [-0.39, 0.29) is 43.7 Å². The summed E-state index contributed by atoms with van der Waals surface area (Å²) < 4.78 is 10.6. The van der Waals surface area contributed by atoms with E-state index in [9.17, 15) is 24.0 Å². The topological polar surface area (TPSA) is 165 Å². The van der Waals surface area contributed by atoms with Crippen molar-refractivity contribution in [3.8, 4) is 11.5 Å². The number of carbonyl (C=O) groups is 5. The third kappa shape index (κ3) is 10.6. The van der Waals surface area contributed by atoms with Gasteiger partial charge in [-0.05, 0) is 60.9 Å². The van der Waals surface area contributed by atoms with Crippen LogP contribution in [0.4, 0.5) is 0 Å². The van der Waals surface area contributed by atoms with E-state index in [0.717, 1.165) is 31.2 Å². The summed E-state index contributed by atoms with van der Waals surface area (Å²) >= 11 is 6.27. The summed E-state index contributed by atoms with van der Waals surface area (Å²) in [5.41, 5.74) is 1.00. The molecule has 0 bridgehead atoms. The first kappa shape index (κ1) is 41.5. The predicted molar refractivity (Wildman–Crippen MR) is 208 cm³/mol. The number of amides is 4. The number of hydrogen-bond acceptors (Lipinski definition) is 9. The summed E-state index contributed by atoms with van der Waals surface area (Å²) in [4.78, 5) is 76.4. The van der Waals surface area contributed by atoms with Crippen LogP contribution < -0.4 is 25.4 Å². The fraction of sp³-hybridized carbons (Fsp3) is 0.561. The molecule has 2 aliphatic heterocycles. The number of benzene rings is 2. The number of likely N-dealkylation sites (tertiary alicyclic amines) is 1. The van der Waals surface area contributed by atoms with E-state index in [4.69, 9.17) is 25.9 Å². The van der Waals surface area contributed by atoms with Crippen LogP contribution >= 0.6 is 11.6 Å². The first-order valence-electron chi connectivity index (χ1n) is 19.3. The summed E-state index contributed by atoms with van der Waals surface area (Å²) in [5.74, 6) is -1.84. The fourth-order valence-electron chi connectivity index (χ4n) is 7.75. The van der Waals surface area contributed by atoms with E-state index in [1.807, 2.05) is 32.9 Å². The van der Waals surface area contributed by atoms with Gasteiger partial charge < -0.3 is 35.2 Å². The van der Waals surface area contributed by atoms with Gasteiger partial charge in [0, 0.05) is 42.5 Å². The van der Waals surface area contributed by atoms with Gasteiger partial charge in [0.1, 0.15) is 23.6 Å². The highest BCUT2D eigenvalue weighted by Gasteiger charge is 2.55. The van der Waals surface area contributed by atoms with Gasteiger partial charge in [0.15, 0.2) is 5.60 Å². The van der Waals surface area contributed by atoms with E-state index in [0.29, 0.717) is 47.1 Å². The third-order valence-corrected chi connectivity index (χ3v) is 11.0. The first-order chi connectivity index (χ1) is 26.3. The molecule has 0 aromatic heterocycles. The molecular weight excluding hydrogens is 726 g/mol. The lowest BCUT2D eigenvalue weighted by Gasteiger charge is -2.31. The average molecular weight is 780 g/mol. The van der Waals surface area contributed by atoms with Crippen molar-refractivity contribution >= 4 is 46.7 Å². The van der Waals surface area contributed by atoms with E-state index < -0.39 is 47.2 Å². The maximum absolute atomic E-state index is 14.5. The molecule has 298 valence electrons. The highest BCUT2D eigenvalue weighted by atomic mass is 35.5. The number of halogens is 1. The Morgan fingerprint density at radius 3 is 2.35 bits per heavy atom. The molecule has 2 heterocycles. The second kappa shape index (κ2) is 18.8. The molecule has 3 aliphatic rings. The number of methoxy groups -OCH3 is 2. The SMILES string of the molecule is CCC[C@H](NC(=O)[C@@H]1C[C@]2(CC(c3cccc(Cl)c3)=NO2)CN1C(=O)[C@@H](NC(=O)CC1CCCCC1)C(C)C)C(=O)C(=O)NCc1cc(OC)cc(OC)c1. The second-order valence-electron chi connectivity index (χ2n) is 15.3. The quantitative estimate of drug-likeness (QED) is 0.198. The number of ketones is 1. The highest BCUT2D eigenvalue weighted by Crippen LogP contribution is 2.40. The van der Waals surface area contributed by atoms with Gasteiger partial charge in [0.05, 0.1) is 32.5 Å². The van der Waals surface area contributed by atoms with E-state index in [1.54, 1.807) is 30.3 Å². The number of Topliss-reactive ketones (excluding diaryl/α,β-unsaturated/α-hetero) is 1. The van der Waals surface area contributed by atoms with Gasteiger partial charge in [-0.15, -0.1) is 0 Å². The molecule has 1 saturated heterocycles. The minimum Gasteiger partial charge on any atom is -0.497 e. The summed E-state index contributed by atoms with van der Waals surface area (Å²) in [5, 5.41) is 13.3. The van der Waals surface area contributed by atoms with Gasteiger partial charge in [-0.2, -0.15) is 0 Å². The van der Waals surface area contributed by atoms with Crippen LogP contribution in [0, 0.1) is 11.8 Å². The van der Waals surface area contributed by atoms with Crippen LogP contribution in [0.5, 0.6) is 11.5 Å². The van der Waals surface area contributed by atoms with Gasteiger partial charge in [0.2, 0.25) is 23.5 Å². The normalized spacial score (nSPS) is 20.7. The minimum absolute atomic E-state index is 0.0215. The maximum atomic E-state index is 14.5. The van der Waals surface area contributed by atoms with Crippen molar-refractivity contribution in [1.29, 1.82) is 0 Å². The number of carbonyl (C=O) groups excluding carboxylic acids is 5. The molecule has 2 aromatic carbocycles. The van der Waals surface area contributed by atoms with Crippen molar-refractivity contribution in [3.63, 3.8) is 0 Å². The van der Waals surface area contributed by atoms with Crippen molar-refractivity contribution in [2.24, 2.45) is 17.0 Å². The molecule has 1 spiro atoms. The van der Waals surface area contributed by atoms with Crippen molar-refractivity contribution in [2.45, 2.75) is 115 Å². The molecule has 4 amide bonds. The van der Waals surface area contributed by atoms with Crippen LogP contribution in [0.3, 0.4) is 0 Å². The Labute approximate surface area is 328 Å². The zero-order valence-electron chi connectivity index (χ0n) is 32.5. The molecular formula is C41H54ClN5O8. The Bertz CT molecular complexity index is 1740. The average Bonchev–Trinajstić information content (AvgIpc) is 3.78. The molecule has 0 radical (unpaired) electrons. The zero-order valence-corrected chi connectivity index (χ0v) is 33.2. The molecule has 13 nitrogen and oxygen atoms in total. The monoisotopic (exact) mass is 779 g/mol. The van der Waals surface area contributed by atoms with Gasteiger partial charge in [-0.1, -0.05) is 75.3 Å². The summed E-state index contributed by atoms with van der Waals surface area (Å²) in [6.45, 7) is 5.60. The Kier molecular flexibility index (Phi) is 14.2. The Morgan fingerprint density at radius 2 is 1.71 bits per heavy atom. The Balaban J connectivity index is 1.34. The summed E-state index contributed by atoms with van der Waals surface area (Å²) in [6, 6.07) is 9.22. The first-order valence-corrected chi connectivity index (χ1v) is 19.7. The molecule has 1 aliphatic carbocycles. The lowest BCUT2D eigenvalue weighted by molar-refractivity contribution is -0.144. The van der Waals surface area contributed by atoms with Crippen molar-refractivity contribution < 1.29 is 38.3 Å². The highest BCUT2D eigenvalue weighted by molar-refractivity contribution is 6.38. The molecule has 4 atom stereocenters. The van der Waals surface area contributed by atoms with Crippen LogP contribution in [0.1, 0.15) is 96.1 Å². The van der Waals surface area contributed by atoms with Gasteiger partial charge in [-0.25, -0.2) is 0 Å². The van der Waals surface area contributed by atoms with E-state index >= 15 is 0 Å².